The molecular weight excluding hydrogens is 452 g/mol. The van der Waals surface area contributed by atoms with Crippen molar-refractivity contribution in [2.45, 2.75) is 24.8 Å². The van der Waals surface area contributed by atoms with Gasteiger partial charge in [0, 0.05) is 36.9 Å². The van der Waals surface area contributed by atoms with Gasteiger partial charge in [0.15, 0.2) is 5.96 Å². The van der Waals surface area contributed by atoms with Crippen LogP contribution in [0.25, 0.3) is 0 Å². The summed E-state index contributed by atoms with van der Waals surface area (Å²) in [7, 11) is 0. The number of hydrogen-bond acceptors (Lipinski definition) is 3. The van der Waals surface area contributed by atoms with Crippen molar-refractivity contribution in [1.29, 1.82) is 0 Å². The number of halogens is 2. The molecule has 0 aliphatic heterocycles. The molecule has 0 saturated heterocycles. The number of thioether (sulfide) groups is 1. The van der Waals surface area contributed by atoms with Crippen LogP contribution < -0.4 is 10.6 Å². The topological polar surface area (TPSA) is 54.2 Å². The van der Waals surface area contributed by atoms with Gasteiger partial charge >= 0.3 is 0 Å². The van der Waals surface area contributed by atoms with Crippen molar-refractivity contribution >= 4 is 41.7 Å². The van der Waals surface area contributed by atoms with E-state index in [4.69, 9.17) is 0 Å². The first-order chi connectivity index (χ1) is 11.8. The Balaban J connectivity index is 0.00000312. The van der Waals surface area contributed by atoms with Crippen molar-refractivity contribution in [3.63, 3.8) is 0 Å². The molecule has 0 fully saturated rings. The number of nitrogens with one attached hydrogen (secondary N) is 2. The molecular formula is C17H25FIN5S. The Hall–Kier alpha value is -1.29. The van der Waals surface area contributed by atoms with E-state index in [2.05, 4.69) is 27.6 Å². The smallest absolute Gasteiger partial charge is 0.191 e. The maximum Gasteiger partial charge on any atom is 0.191 e. The summed E-state index contributed by atoms with van der Waals surface area (Å²) < 4.78 is 14.7. The molecule has 2 N–H and O–H groups in total. The summed E-state index contributed by atoms with van der Waals surface area (Å²) in [6.07, 6.45) is 4.69. The zero-order valence-corrected chi connectivity index (χ0v) is 17.5. The quantitative estimate of drug-likeness (QED) is 0.191. The van der Waals surface area contributed by atoms with E-state index in [9.17, 15) is 4.39 Å². The van der Waals surface area contributed by atoms with Crippen LogP contribution >= 0.6 is 35.7 Å². The third kappa shape index (κ3) is 9.10. The monoisotopic (exact) mass is 477 g/mol. The van der Waals surface area contributed by atoms with E-state index in [-0.39, 0.29) is 29.8 Å². The Kier molecular flexibility index (Phi) is 11.3. The van der Waals surface area contributed by atoms with Crippen LogP contribution in [0, 0.1) is 5.82 Å². The highest BCUT2D eigenvalue weighted by Crippen LogP contribution is 2.18. The fourth-order valence-corrected chi connectivity index (χ4v) is 2.88. The molecule has 0 atom stereocenters. The maximum atomic E-state index is 12.8. The van der Waals surface area contributed by atoms with Gasteiger partial charge in [-0.25, -0.2) is 4.39 Å². The van der Waals surface area contributed by atoms with E-state index < -0.39 is 0 Å². The number of aromatic nitrogens is 2. The molecule has 0 radical (unpaired) electrons. The zero-order valence-electron chi connectivity index (χ0n) is 14.3. The summed E-state index contributed by atoms with van der Waals surface area (Å²) >= 11 is 1.72. The van der Waals surface area contributed by atoms with Crippen LogP contribution in [0.4, 0.5) is 4.39 Å². The van der Waals surface area contributed by atoms with Crippen molar-refractivity contribution < 1.29 is 4.39 Å². The van der Waals surface area contributed by atoms with Gasteiger partial charge < -0.3 is 10.6 Å². The van der Waals surface area contributed by atoms with E-state index in [0.29, 0.717) is 0 Å². The van der Waals surface area contributed by atoms with Crippen LogP contribution in [0.1, 0.15) is 13.3 Å². The lowest BCUT2D eigenvalue weighted by molar-refractivity contribution is 0.598. The SMILES string of the molecule is CCNC(=NCCCSc1ccc(F)cc1)NCCn1cccn1.I. The molecule has 1 heterocycles. The van der Waals surface area contributed by atoms with Gasteiger partial charge in [-0.3, -0.25) is 9.67 Å². The number of aliphatic imine (C=N–C) groups is 1. The highest BCUT2D eigenvalue weighted by Gasteiger charge is 1.98. The van der Waals surface area contributed by atoms with E-state index >= 15 is 0 Å². The third-order valence-electron chi connectivity index (χ3n) is 3.19. The average Bonchev–Trinajstić information content (AvgIpc) is 3.09. The number of guanidine groups is 1. The Morgan fingerprint density at radius 3 is 2.76 bits per heavy atom. The minimum Gasteiger partial charge on any atom is -0.357 e. The predicted octanol–water partition coefficient (Wildman–Crippen LogP) is 3.38. The molecule has 1 aromatic carbocycles. The van der Waals surface area contributed by atoms with Crippen molar-refractivity contribution in [2.24, 2.45) is 4.99 Å². The number of rotatable bonds is 9. The minimum absolute atomic E-state index is 0. The number of benzene rings is 1. The van der Waals surface area contributed by atoms with Gasteiger partial charge in [0.2, 0.25) is 0 Å². The second-order valence-electron chi connectivity index (χ2n) is 5.11. The molecule has 5 nitrogen and oxygen atoms in total. The molecule has 2 rings (SSSR count). The van der Waals surface area contributed by atoms with Crippen molar-refractivity contribution in [2.75, 3.05) is 25.4 Å². The lowest BCUT2D eigenvalue weighted by atomic mass is 10.4. The maximum absolute atomic E-state index is 12.8. The summed E-state index contributed by atoms with van der Waals surface area (Å²) in [5.41, 5.74) is 0. The summed E-state index contributed by atoms with van der Waals surface area (Å²) in [6, 6.07) is 8.52. The van der Waals surface area contributed by atoms with Crippen LogP contribution in [0.15, 0.2) is 52.6 Å². The van der Waals surface area contributed by atoms with Gasteiger partial charge in [-0.05, 0) is 49.4 Å². The summed E-state index contributed by atoms with van der Waals surface area (Å²) in [6.45, 7) is 5.22. The van der Waals surface area contributed by atoms with Crippen LogP contribution in [0.5, 0.6) is 0 Å². The Morgan fingerprint density at radius 1 is 1.28 bits per heavy atom. The van der Waals surface area contributed by atoms with Gasteiger partial charge in [-0.15, -0.1) is 35.7 Å². The molecule has 0 amide bonds. The van der Waals surface area contributed by atoms with Crippen LogP contribution in [-0.4, -0.2) is 41.1 Å². The standard InChI is InChI=1S/C17H24FN5S.HI/c1-2-19-17(21-11-13-23-12-3-10-22-23)20-9-4-14-24-16-7-5-15(18)6-8-16;/h3,5-8,10,12H,2,4,9,11,13-14H2,1H3,(H2,19,20,21);1H. The predicted molar refractivity (Wildman–Crippen MR) is 113 cm³/mol. The summed E-state index contributed by atoms with van der Waals surface area (Å²) in [5, 5.41) is 10.7. The Labute approximate surface area is 169 Å². The third-order valence-corrected chi connectivity index (χ3v) is 4.29. The Bertz CT molecular complexity index is 604. The first-order valence-corrected chi connectivity index (χ1v) is 9.14. The van der Waals surface area contributed by atoms with Gasteiger partial charge in [-0.2, -0.15) is 5.10 Å². The van der Waals surface area contributed by atoms with Crippen LogP contribution in [0.2, 0.25) is 0 Å². The highest BCUT2D eigenvalue weighted by atomic mass is 127. The van der Waals surface area contributed by atoms with Crippen molar-refractivity contribution in [1.82, 2.24) is 20.4 Å². The number of hydrogen-bond donors (Lipinski definition) is 2. The molecule has 0 aliphatic rings. The van der Waals surface area contributed by atoms with Gasteiger partial charge in [0.1, 0.15) is 5.82 Å². The molecule has 138 valence electrons. The summed E-state index contributed by atoms with van der Waals surface area (Å²) in [4.78, 5) is 5.66. The molecule has 1 aromatic heterocycles. The van der Waals surface area contributed by atoms with E-state index in [1.807, 2.05) is 29.1 Å². The average molecular weight is 477 g/mol. The first kappa shape index (κ1) is 21.8. The Morgan fingerprint density at radius 2 is 2.08 bits per heavy atom. The van der Waals surface area contributed by atoms with E-state index in [1.165, 1.54) is 12.1 Å². The van der Waals surface area contributed by atoms with Gasteiger partial charge in [-0.1, -0.05) is 0 Å². The van der Waals surface area contributed by atoms with Crippen molar-refractivity contribution in [3.05, 3.63) is 48.5 Å². The normalized spacial score (nSPS) is 11.0. The molecule has 8 heteroatoms. The second kappa shape index (κ2) is 13.0. The van der Waals surface area contributed by atoms with Gasteiger partial charge in [0.25, 0.3) is 0 Å². The lowest BCUT2D eigenvalue weighted by Crippen LogP contribution is -2.39. The fourth-order valence-electron chi connectivity index (χ4n) is 2.04. The first-order valence-electron chi connectivity index (χ1n) is 8.16. The van der Waals surface area contributed by atoms with Crippen LogP contribution in [0.3, 0.4) is 0 Å². The van der Waals surface area contributed by atoms with E-state index in [1.54, 1.807) is 18.0 Å². The molecule has 0 saturated carbocycles. The molecule has 2 aromatic rings. The second-order valence-corrected chi connectivity index (χ2v) is 6.28. The van der Waals surface area contributed by atoms with Crippen LogP contribution in [-0.2, 0) is 6.54 Å². The van der Waals surface area contributed by atoms with Gasteiger partial charge in [0.05, 0.1) is 6.54 Å². The number of nitrogens with zero attached hydrogens (tertiary/aromatic N) is 3. The molecule has 0 spiro atoms. The molecule has 0 aliphatic carbocycles. The fraction of sp³-hybridized carbons (Fsp3) is 0.412. The lowest BCUT2D eigenvalue weighted by Gasteiger charge is -2.11. The molecule has 25 heavy (non-hydrogen) atoms. The zero-order chi connectivity index (χ0) is 17.0. The molecule has 0 bridgehead atoms. The minimum atomic E-state index is -0.194. The van der Waals surface area contributed by atoms with Crippen molar-refractivity contribution in [3.8, 4) is 0 Å². The largest absolute Gasteiger partial charge is 0.357 e. The summed E-state index contributed by atoms with van der Waals surface area (Å²) in [5.74, 6) is 1.60. The molecule has 0 unspecified atom stereocenters. The van der Waals surface area contributed by atoms with E-state index in [0.717, 1.165) is 49.2 Å². The highest BCUT2D eigenvalue weighted by molar-refractivity contribution is 14.0.